The van der Waals surface area contributed by atoms with Crippen LogP contribution in [0, 0.1) is 0 Å². The number of aromatic nitrogens is 1. The lowest BCUT2D eigenvalue weighted by atomic mass is 10.3. The molecule has 23 heavy (non-hydrogen) atoms. The first-order valence-corrected chi connectivity index (χ1v) is 8.09. The average Bonchev–Trinajstić information content (AvgIpc) is 2.97. The zero-order valence-electron chi connectivity index (χ0n) is 13.1. The first-order chi connectivity index (χ1) is 11.2. The molecule has 1 amide bonds. The number of esters is 1. The molecule has 0 aliphatic heterocycles. The zero-order chi connectivity index (χ0) is 16.7. The largest absolute Gasteiger partial charge is 0.452 e. The van der Waals surface area contributed by atoms with Crippen molar-refractivity contribution in [3.8, 4) is 0 Å². The maximum absolute atomic E-state index is 12.3. The van der Waals surface area contributed by atoms with Gasteiger partial charge in [-0.15, -0.1) is 0 Å². The van der Waals surface area contributed by atoms with Crippen molar-refractivity contribution in [3.63, 3.8) is 0 Å². The lowest BCUT2D eigenvalue weighted by Crippen LogP contribution is -2.34. The number of likely N-dealkylation sites (N-methyl/N-ethyl adjacent to an activating group) is 1. The number of anilines is 1. The molecular weight excluding hydrogens is 312 g/mol. The third-order valence-electron chi connectivity index (χ3n) is 3.00. The van der Waals surface area contributed by atoms with E-state index in [0.29, 0.717) is 11.7 Å². The van der Waals surface area contributed by atoms with E-state index < -0.39 is 5.97 Å². The van der Waals surface area contributed by atoms with Gasteiger partial charge in [-0.05, 0) is 26.0 Å². The number of amides is 1. The van der Waals surface area contributed by atoms with Crippen LogP contribution in [-0.4, -0.2) is 30.0 Å². The molecule has 120 valence electrons. The molecular formula is C17H18N2O3S. The number of benzene rings is 1. The molecule has 0 unspecified atom stereocenters. The third kappa shape index (κ3) is 4.50. The van der Waals surface area contributed by atoms with E-state index in [9.17, 15) is 9.59 Å². The van der Waals surface area contributed by atoms with Crippen LogP contribution in [0.25, 0.3) is 10.2 Å². The van der Waals surface area contributed by atoms with Gasteiger partial charge in [0, 0.05) is 12.6 Å². The number of para-hydroxylation sites is 1. The smallest absolute Gasteiger partial charge is 0.331 e. The number of hydrogen-bond donors (Lipinski definition) is 0. The Morgan fingerprint density at radius 1 is 1.30 bits per heavy atom. The highest BCUT2D eigenvalue weighted by Crippen LogP contribution is 2.28. The van der Waals surface area contributed by atoms with Gasteiger partial charge >= 0.3 is 5.97 Å². The monoisotopic (exact) mass is 330 g/mol. The predicted molar refractivity (Wildman–Crippen MR) is 92.6 cm³/mol. The molecule has 2 rings (SSSR count). The van der Waals surface area contributed by atoms with Crippen LogP contribution < -0.4 is 4.90 Å². The number of allylic oxidation sites excluding steroid dienone is 3. The summed E-state index contributed by atoms with van der Waals surface area (Å²) >= 11 is 1.44. The van der Waals surface area contributed by atoms with Crippen LogP contribution in [0.3, 0.4) is 0 Å². The zero-order valence-corrected chi connectivity index (χ0v) is 13.9. The molecule has 0 aliphatic carbocycles. The Morgan fingerprint density at radius 3 is 2.78 bits per heavy atom. The van der Waals surface area contributed by atoms with Crippen LogP contribution in [0.15, 0.2) is 48.6 Å². The van der Waals surface area contributed by atoms with E-state index in [-0.39, 0.29) is 12.5 Å². The van der Waals surface area contributed by atoms with E-state index in [1.54, 1.807) is 18.2 Å². The van der Waals surface area contributed by atoms with Crippen molar-refractivity contribution < 1.29 is 14.3 Å². The van der Waals surface area contributed by atoms with Crippen molar-refractivity contribution >= 4 is 38.6 Å². The van der Waals surface area contributed by atoms with Crippen LogP contribution in [0.5, 0.6) is 0 Å². The van der Waals surface area contributed by atoms with E-state index in [4.69, 9.17) is 4.74 Å². The van der Waals surface area contributed by atoms with Gasteiger partial charge < -0.3 is 4.74 Å². The second-order valence-corrected chi connectivity index (χ2v) is 5.60. The van der Waals surface area contributed by atoms with E-state index >= 15 is 0 Å². The van der Waals surface area contributed by atoms with Crippen LogP contribution in [-0.2, 0) is 14.3 Å². The van der Waals surface area contributed by atoms with Crippen LogP contribution in [0.2, 0.25) is 0 Å². The minimum Gasteiger partial charge on any atom is -0.452 e. The van der Waals surface area contributed by atoms with E-state index in [1.165, 1.54) is 22.3 Å². The molecule has 0 fully saturated rings. The van der Waals surface area contributed by atoms with Crippen molar-refractivity contribution in [1.82, 2.24) is 4.98 Å². The van der Waals surface area contributed by atoms with E-state index in [2.05, 4.69) is 4.98 Å². The Balaban J connectivity index is 2.02. The summed E-state index contributed by atoms with van der Waals surface area (Å²) in [6, 6.07) is 7.70. The molecule has 0 saturated carbocycles. The molecule has 5 nitrogen and oxygen atoms in total. The standard InChI is InChI=1S/C17H18N2O3S/c1-3-5-6-11-16(21)22-12-15(20)19(4-2)17-18-13-9-7-8-10-14(13)23-17/h3,5-11H,4,12H2,1-2H3/b5-3+,11-6+. The molecule has 1 heterocycles. The van der Waals surface area contributed by atoms with Crippen molar-refractivity contribution in [2.24, 2.45) is 0 Å². The minimum atomic E-state index is -0.545. The predicted octanol–water partition coefficient (Wildman–Crippen LogP) is 3.32. The fraction of sp³-hybridized carbons (Fsp3) is 0.235. The summed E-state index contributed by atoms with van der Waals surface area (Å²) in [5, 5.41) is 0.610. The topological polar surface area (TPSA) is 59.5 Å². The van der Waals surface area contributed by atoms with Crippen LogP contribution in [0.4, 0.5) is 5.13 Å². The molecule has 0 bridgehead atoms. The summed E-state index contributed by atoms with van der Waals surface area (Å²) in [5.41, 5.74) is 0.852. The lowest BCUT2D eigenvalue weighted by Gasteiger charge is -2.17. The van der Waals surface area contributed by atoms with Gasteiger partial charge in [-0.1, -0.05) is 41.7 Å². The Morgan fingerprint density at radius 2 is 2.09 bits per heavy atom. The second kappa shape index (κ2) is 8.24. The summed E-state index contributed by atoms with van der Waals surface area (Å²) in [5.74, 6) is -0.837. The molecule has 0 N–H and O–H groups in total. The minimum absolute atomic E-state index is 0.292. The average molecular weight is 330 g/mol. The highest BCUT2D eigenvalue weighted by atomic mass is 32.1. The quantitative estimate of drug-likeness (QED) is 0.463. The Hall–Kier alpha value is -2.47. The summed E-state index contributed by atoms with van der Waals surface area (Å²) in [4.78, 5) is 29.7. The first kappa shape index (κ1) is 16.9. The Bertz CT molecular complexity index is 716. The Kier molecular flexibility index (Phi) is 6.05. The molecule has 2 aromatic rings. The Labute approximate surface area is 138 Å². The van der Waals surface area contributed by atoms with Crippen LogP contribution in [0.1, 0.15) is 13.8 Å². The second-order valence-electron chi connectivity index (χ2n) is 4.59. The van der Waals surface area contributed by atoms with Gasteiger partial charge in [0.05, 0.1) is 10.2 Å². The first-order valence-electron chi connectivity index (χ1n) is 7.27. The van der Waals surface area contributed by atoms with Gasteiger partial charge in [-0.25, -0.2) is 9.78 Å². The molecule has 0 atom stereocenters. The fourth-order valence-corrected chi connectivity index (χ4v) is 2.94. The summed E-state index contributed by atoms with van der Waals surface area (Å²) in [7, 11) is 0. The molecule has 0 spiro atoms. The lowest BCUT2D eigenvalue weighted by molar-refractivity contribution is -0.142. The van der Waals surface area contributed by atoms with Crippen molar-refractivity contribution in [1.29, 1.82) is 0 Å². The van der Waals surface area contributed by atoms with Crippen LogP contribution >= 0.6 is 11.3 Å². The SMILES string of the molecule is C/C=C/C=C/C(=O)OCC(=O)N(CC)c1nc2ccccc2s1. The fourth-order valence-electron chi connectivity index (χ4n) is 1.90. The molecule has 0 radical (unpaired) electrons. The number of ether oxygens (including phenoxy) is 1. The number of hydrogen-bond acceptors (Lipinski definition) is 5. The van der Waals surface area contributed by atoms with E-state index in [1.807, 2.05) is 38.1 Å². The molecule has 0 saturated heterocycles. The number of nitrogens with zero attached hydrogens (tertiary/aromatic N) is 2. The number of fused-ring (bicyclic) bond motifs is 1. The van der Waals surface area contributed by atoms with Gasteiger partial charge in [0.25, 0.3) is 5.91 Å². The van der Waals surface area contributed by atoms with Gasteiger partial charge in [0.1, 0.15) is 0 Å². The maximum Gasteiger partial charge on any atom is 0.331 e. The summed E-state index contributed by atoms with van der Waals surface area (Å²) in [6.07, 6.45) is 6.35. The maximum atomic E-state index is 12.3. The van der Waals surface area contributed by atoms with Crippen molar-refractivity contribution in [3.05, 3.63) is 48.6 Å². The highest BCUT2D eigenvalue weighted by molar-refractivity contribution is 7.22. The van der Waals surface area contributed by atoms with Gasteiger partial charge in [0.2, 0.25) is 0 Å². The van der Waals surface area contributed by atoms with Gasteiger partial charge in [0.15, 0.2) is 11.7 Å². The number of carbonyl (C=O) groups is 2. The van der Waals surface area contributed by atoms with Gasteiger partial charge in [-0.3, -0.25) is 9.69 Å². The summed E-state index contributed by atoms with van der Waals surface area (Å²) in [6.45, 7) is 3.86. The summed E-state index contributed by atoms with van der Waals surface area (Å²) < 4.78 is 5.97. The molecule has 1 aromatic heterocycles. The third-order valence-corrected chi connectivity index (χ3v) is 4.06. The number of thiazole rings is 1. The van der Waals surface area contributed by atoms with Crippen molar-refractivity contribution in [2.75, 3.05) is 18.1 Å². The van der Waals surface area contributed by atoms with Gasteiger partial charge in [-0.2, -0.15) is 0 Å². The van der Waals surface area contributed by atoms with E-state index in [0.717, 1.165) is 10.2 Å². The number of rotatable bonds is 6. The molecule has 0 aliphatic rings. The molecule has 1 aromatic carbocycles. The normalized spacial score (nSPS) is 11.4. The highest BCUT2D eigenvalue weighted by Gasteiger charge is 2.19. The molecule has 6 heteroatoms. The van der Waals surface area contributed by atoms with Crippen molar-refractivity contribution in [2.45, 2.75) is 13.8 Å². The number of carbonyl (C=O) groups excluding carboxylic acids is 2.